The Bertz CT molecular complexity index is 198. The molecule has 0 heterocycles. The summed E-state index contributed by atoms with van der Waals surface area (Å²) in [6, 6.07) is 0. The standard InChI is InChI=1S/C10H20FNO2S/c11-10(8-15(13)14)7-12-6-9-4-2-1-3-5-9/h9-10,12H,1-8H2,(H,13,14)/t10-/m0/s1. The van der Waals surface area contributed by atoms with Gasteiger partial charge in [-0.05, 0) is 25.3 Å². The molecule has 1 unspecified atom stereocenters. The van der Waals surface area contributed by atoms with Gasteiger partial charge in [0.1, 0.15) is 6.17 Å². The summed E-state index contributed by atoms with van der Waals surface area (Å²) in [6.45, 7) is 1.04. The van der Waals surface area contributed by atoms with Gasteiger partial charge in [-0.2, -0.15) is 0 Å². The maximum atomic E-state index is 13.0. The predicted octanol–water partition coefficient (Wildman–Crippen LogP) is 1.72. The topological polar surface area (TPSA) is 49.3 Å². The average Bonchev–Trinajstić information content (AvgIpc) is 2.18. The van der Waals surface area contributed by atoms with Crippen molar-refractivity contribution in [1.82, 2.24) is 5.32 Å². The molecule has 0 aromatic rings. The summed E-state index contributed by atoms with van der Waals surface area (Å²) < 4.78 is 31.8. The second-order valence-corrected chi connectivity index (χ2v) is 5.22. The maximum Gasteiger partial charge on any atom is 0.155 e. The average molecular weight is 237 g/mol. The van der Waals surface area contributed by atoms with Crippen molar-refractivity contribution in [3.05, 3.63) is 0 Å². The smallest absolute Gasteiger partial charge is 0.155 e. The highest BCUT2D eigenvalue weighted by molar-refractivity contribution is 7.79. The lowest BCUT2D eigenvalue weighted by Crippen LogP contribution is -2.32. The van der Waals surface area contributed by atoms with Gasteiger partial charge < -0.3 is 9.87 Å². The van der Waals surface area contributed by atoms with E-state index in [1.807, 2.05) is 0 Å². The van der Waals surface area contributed by atoms with E-state index >= 15 is 0 Å². The fourth-order valence-corrected chi connectivity index (χ4v) is 2.48. The minimum atomic E-state index is -2.02. The monoisotopic (exact) mass is 237 g/mol. The molecule has 0 radical (unpaired) electrons. The minimum absolute atomic E-state index is 0.197. The molecule has 0 bridgehead atoms. The Kier molecular flexibility index (Phi) is 6.36. The van der Waals surface area contributed by atoms with E-state index in [0.717, 1.165) is 6.54 Å². The normalized spacial score (nSPS) is 22.5. The van der Waals surface area contributed by atoms with Gasteiger partial charge in [0.15, 0.2) is 11.1 Å². The molecule has 0 amide bonds. The summed E-state index contributed by atoms with van der Waals surface area (Å²) in [6.07, 6.45) is 5.15. The van der Waals surface area contributed by atoms with Crippen molar-refractivity contribution in [2.75, 3.05) is 18.8 Å². The second kappa shape index (κ2) is 7.30. The molecular formula is C10H20FNO2S. The van der Waals surface area contributed by atoms with Crippen molar-refractivity contribution >= 4 is 11.1 Å². The number of alkyl halides is 1. The second-order valence-electron chi connectivity index (χ2n) is 4.25. The van der Waals surface area contributed by atoms with Crippen LogP contribution in [0.2, 0.25) is 0 Å². The molecule has 1 aliphatic carbocycles. The SMILES string of the molecule is O=S(O)C[C@@H](F)CNCC1CCCCC1. The number of rotatable bonds is 6. The third-order valence-corrected chi connectivity index (χ3v) is 3.49. The van der Waals surface area contributed by atoms with Crippen LogP contribution in [0.15, 0.2) is 0 Å². The molecule has 5 heteroatoms. The van der Waals surface area contributed by atoms with Gasteiger partial charge in [-0.3, -0.25) is 0 Å². The summed E-state index contributed by atoms with van der Waals surface area (Å²) >= 11 is -2.02. The van der Waals surface area contributed by atoms with Crippen LogP contribution in [0.25, 0.3) is 0 Å². The molecule has 15 heavy (non-hydrogen) atoms. The zero-order chi connectivity index (χ0) is 11.1. The molecule has 3 nitrogen and oxygen atoms in total. The van der Waals surface area contributed by atoms with Crippen LogP contribution in [0.1, 0.15) is 32.1 Å². The fraction of sp³-hybridized carbons (Fsp3) is 1.00. The van der Waals surface area contributed by atoms with E-state index in [-0.39, 0.29) is 12.3 Å². The van der Waals surface area contributed by atoms with Crippen LogP contribution in [-0.2, 0) is 11.1 Å². The van der Waals surface area contributed by atoms with Gasteiger partial charge in [-0.25, -0.2) is 8.60 Å². The van der Waals surface area contributed by atoms with Crippen molar-refractivity contribution < 1.29 is 13.2 Å². The predicted molar refractivity (Wildman–Crippen MR) is 60.0 cm³/mol. The highest BCUT2D eigenvalue weighted by Gasteiger charge is 2.14. The van der Waals surface area contributed by atoms with E-state index in [9.17, 15) is 8.60 Å². The van der Waals surface area contributed by atoms with Crippen molar-refractivity contribution in [3.63, 3.8) is 0 Å². The Morgan fingerprint density at radius 2 is 2.07 bits per heavy atom. The first-order valence-corrected chi connectivity index (χ1v) is 6.88. The number of halogens is 1. The van der Waals surface area contributed by atoms with Gasteiger partial charge in [0.05, 0.1) is 5.75 Å². The Balaban J connectivity index is 2.02. The van der Waals surface area contributed by atoms with Crippen LogP contribution in [-0.4, -0.2) is 33.8 Å². The lowest BCUT2D eigenvalue weighted by atomic mass is 9.89. The molecular weight excluding hydrogens is 217 g/mol. The van der Waals surface area contributed by atoms with Crippen LogP contribution in [0.5, 0.6) is 0 Å². The van der Waals surface area contributed by atoms with Crippen molar-refractivity contribution in [3.8, 4) is 0 Å². The van der Waals surface area contributed by atoms with Crippen molar-refractivity contribution in [2.24, 2.45) is 5.92 Å². The zero-order valence-electron chi connectivity index (χ0n) is 8.95. The fourth-order valence-electron chi connectivity index (χ4n) is 2.05. The number of hydrogen-bond acceptors (Lipinski definition) is 2. The van der Waals surface area contributed by atoms with Gasteiger partial charge in [0.25, 0.3) is 0 Å². The molecule has 0 spiro atoms. The summed E-state index contributed by atoms with van der Waals surface area (Å²) in [5, 5.41) is 3.04. The van der Waals surface area contributed by atoms with E-state index in [4.69, 9.17) is 4.55 Å². The lowest BCUT2D eigenvalue weighted by Gasteiger charge is -2.22. The molecule has 0 aromatic carbocycles. The van der Waals surface area contributed by atoms with E-state index in [1.54, 1.807) is 0 Å². The quantitative estimate of drug-likeness (QED) is 0.692. The largest absolute Gasteiger partial charge is 0.314 e. The van der Waals surface area contributed by atoms with Crippen LogP contribution in [0.4, 0.5) is 4.39 Å². The van der Waals surface area contributed by atoms with E-state index in [2.05, 4.69) is 5.32 Å². The molecule has 2 atom stereocenters. The Morgan fingerprint density at radius 3 is 2.67 bits per heavy atom. The molecule has 1 fully saturated rings. The maximum absolute atomic E-state index is 13.0. The van der Waals surface area contributed by atoms with Gasteiger partial charge in [-0.15, -0.1) is 0 Å². The highest BCUT2D eigenvalue weighted by atomic mass is 32.2. The third-order valence-electron chi connectivity index (χ3n) is 2.85. The van der Waals surface area contributed by atoms with Crippen molar-refractivity contribution in [2.45, 2.75) is 38.3 Å². The summed E-state index contributed by atoms with van der Waals surface area (Å²) in [5.41, 5.74) is 0. The van der Waals surface area contributed by atoms with E-state index in [1.165, 1.54) is 32.1 Å². The molecule has 2 N–H and O–H groups in total. The van der Waals surface area contributed by atoms with Gasteiger partial charge in [-0.1, -0.05) is 19.3 Å². The highest BCUT2D eigenvalue weighted by Crippen LogP contribution is 2.22. The van der Waals surface area contributed by atoms with E-state index in [0.29, 0.717) is 5.92 Å². The molecule has 90 valence electrons. The third kappa shape index (κ3) is 6.22. The molecule has 0 saturated heterocycles. The van der Waals surface area contributed by atoms with Crippen LogP contribution in [0, 0.1) is 5.92 Å². The first-order chi connectivity index (χ1) is 7.18. The van der Waals surface area contributed by atoms with Gasteiger partial charge >= 0.3 is 0 Å². The van der Waals surface area contributed by atoms with Gasteiger partial charge in [0, 0.05) is 6.54 Å². The molecule has 0 aromatic heterocycles. The van der Waals surface area contributed by atoms with Crippen LogP contribution < -0.4 is 5.32 Å². The first kappa shape index (κ1) is 13.1. The Hall–Kier alpha value is -0.0000000000000000486. The molecule has 1 saturated carbocycles. The Morgan fingerprint density at radius 1 is 1.40 bits per heavy atom. The zero-order valence-corrected chi connectivity index (χ0v) is 9.77. The van der Waals surface area contributed by atoms with Crippen LogP contribution in [0.3, 0.4) is 0 Å². The molecule has 1 aliphatic rings. The summed E-state index contributed by atoms with van der Waals surface area (Å²) in [5.74, 6) is 0.392. The number of nitrogens with one attached hydrogen (secondary N) is 1. The summed E-state index contributed by atoms with van der Waals surface area (Å²) in [7, 11) is 0. The first-order valence-electron chi connectivity index (χ1n) is 5.60. The van der Waals surface area contributed by atoms with Crippen molar-refractivity contribution in [1.29, 1.82) is 0 Å². The molecule has 0 aliphatic heterocycles. The van der Waals surface area contributed by atoms with E-state index < -0.39 is 17.3 Å². The number of hydrogen-bond donors (Lipinski definition) is 2. The minimum Gasteiger partial charge on any atom is -0.314 e. The van der Waals surface area contributed by atoms with Gasteiger partial charge in [0.2, 0.25) is 0 Å². The van der Waals surface area contributed by atoms with Crippen LogP contribution >= 0.6 is 0 Å². The Labute approximate surface area is 93.1 Å². The lowest BCUT2D eigenvalue weighted by molar-refractivity contribution is 0.306. The molecule has 1 rings (SSSR count). The summed E-state index contributed by atoms with van der Waals surface area (Å²) in [4.78, 5) is 0.